The predicted molar refractivity (Wildman–Crippen MR) is 101 cm³/mol. The van der Waals surface area contributed by atoms with Gasteiger partial charge < -0.3 is 10.1 Å². The van der Waals surface area contributed by atoms with E-state index < -0.39 is 10.0 Å². The molecular weight excluding hydrogens is 352 g/mol. The zero-order valence-electron chi connectivity index (χ0n) is 15.2. The van der Waals surface area contributed by atoms with Gasteiger partial charge in [-0.1, -0.05) is 25.1 Å². The summed E-state index contributed by atoms with van der Waals surface area (Å²) in [6, 6.07) is 13.7. The van der Waals surface area contributed by atoms with Gasteiger partial charge in [0, 0.05) is 19.7 Å². The van der Waals surface area contributed by atoms with Crippen LogP contribution >= 0.6 is 0 Å². The molecule has 2 aromatic carbocycles. The Morgan fingerprint density at radius 3 is 2.35 bits per heavy atom. The van der Waals surface area contributed by atoms with Crippen molar-refractivity contribution in [3.63, 3.8) is 0 Å². The van der Waals surface area contributed by atoms with Crippen molar-refractivity contribution in [3.8, 4) is 5.75 Å². The molecule has 0 saturated heterocycles. The Balaban J connectivity index is 1.88. The maximum atomic E-state index is 12.1. The number of para-hydroxylation sites is 1. The number of nitrogens with one attached hydrogen (secondary N) is 1. The Bertz CT molecular complexity index is 846. The number of nitrogens with zero attached hydrogens (tertiary/aromatic N) is 1. The standard InChI is InChI=1S/C19H24N2O4S/c1-4-15-7-5-6-8-18(15)25-14-13-20-19(22)16-9-11-17(12-10-16)26(23,24)21(2)3/h5-12H,4,13-14H2,1-3H3,(H,20,22). The van der Waals surface area contributed by atoms with Crippen molar-refractivity contribution in [1.82, 2.24) is 9.62 Å². The molecule has 1 N–H and O–H groups in total. The minimum absolute atomic E-state index is 0.151. The first-order chi connectivity index (χ1) is 12.4. The molecule has 0 aliphatic heterocycles. The summed E-state index contributed by atoms with van der Waals surface area (Å²) in [4.78, 5) is 12.3. The Morgan fingerprint density at radius 1 is 1.08 bits per heavy atom. The van der Waals surface area contributed by atoms with Gasteiger partial charge in [0.1, 0.15) is 12.4 Å². The fourth-order valence-electron chi connectivity index (χ4n) is 2.35. The molecule has 6 nitrogen and oxygen atoms in total. The van der Waals surface area contributed by atoms with E-state index in [2.05, 4.69) is 12.2 Å². The van der Waals surface area contributed by atoms with Crippen molar-refractivity contribution < 1.29 is 17.9 Å². The molecule has 1 amide bonds. The molecule has 0 heterocycles. The van der Waals surface area contributed by atoms with Crippen LogP contribution in [0.2, 0.25) is 0 Å². The predicted octanol–water partition coefficient (Wildman–Crippen LogP) is 2.31. The van der Waals surface area contributed by atoms with Crippen molar-refractivity contribution in [1.29, 1.82) is 0 Å². The first kappa shape index (κ1) is 19.9. The molecular formula is C19H24N2O4S. The lowest BCUT2D eigenvalue weighted by molar-refractivity contribution is 0.0947. The Hall–Kier alpha value is -2.38. The first-order valence-corrected chi connectivity index (χ1v) is 9.81. The van der Waals surface area contributed by atoms with E-state index in [9.17, 15) is 13.2 Å². The van der Waals surface area contributed by atoms with E-state index in [0.717, 1.165) is 22.0 Å². The Labute approximate surface area is 154 Å². The van der Waals surface area contributed by atoms with Gasteiger partial charge in [-0.05, 0) is 42.3 Å². The van der Waals surface area contributed by atoms with Gasteiger partial charge in [0.15, 0.2) is 0 Å². The van der Waals surface area contributed by atoms with E-state index in [1.807, 2.05) is 24.3 Å². The smallest absolute Gasteiger partial charge is 0.251 e. The van der Waals surface area contributed by atoms with Gasteiger partial charge in [0.05, 0.1) is 11.4 Å². The maximum Gasteiger partial charge on any atom is 0.251 e. The second-order valence-corrected chi connectivity index (χ2v) is 8.03. The van der Waals surface area contributed by atoms with Crippen LogP contribution in [0.5, 0.6) is 5.75 Å². The lowest BCUT2D eigenvalue weighted by Crippen LogP contribution is -2.28. The normalized spacial score (nSPS) is 11.4. The summed E-state index contributed by atoms with van der Waals surface area (Å²) in [6.45, 7) is 2.77. The fraction of sp³-hybridized carbons (Fsp3) is 0.316. The average Bonchev–Trinajstić information content (AvgIpc) is 2.65. The molecule has 0 radical (unpaired) electrons. The maximum absolute atomic E-state index is 12.1. The van der Waals surface area contributed by atoms with Gasteiger partial charge in [-0.25, -0.2) is 12.7 Å². The summed E-state index contributed by atoms with van der Waals surface area (Å²) >= 11 is 0. The highest BCUT2D eigenvalue weighted by molar-refractivity contribution is 7.89. The summed E-state index contributed by atoms with van der Waals surface area (Å²) in [5, 5.41) is 2.76. The number of aryl methyl sites for hydroxylation is 1. The van der Waals surface area contributed by atoms with Crippen LogP contribution in [-0.4, -0.2) is 45.9 Å². The van der Waals surface area contributed by atoms with Crippen molar-refractivity contribution >= 4 is 15.9 Å². The lowest BCUT2D eigenvalue weighted by atomic mass is 10.1. The number of rotatable bonds is 8. The molecule has 0 atom stereocenters. The highest BCUT2D eigenvalue weighted by Gasteiger charge is 2.17. The lowest BCUT2D eigenvalue weighted by Gasteiger charge is -2.12. The molecule has 2 aromatic rings. The quantitative estimate of drug-likeness (QED) is 0.718. The van der Waals surface area contributed by atoms with Crippen LogP contribution in [0, 0.1) is 0 Å². The third-order valence-corrected chi connectivity index (χ3v) is 5.72. The molecule has 0 aliphatic carbocycles. The highest BCUT2D eigenvalue weighted by atomic mass is 32.2. The van der Waals surface area contributed by atoms with Crippen molar-refractivity contribution in [2.75, 3.05) is 27.2 Å². The number of hydrogen-bond acceptors (Lipinski definition) is 4. The third-order valence-electron chi connectivity index (χ3n) is 3.89. The van der Waals surface area contributed by atoms with Crippen molar-refractivity contribution in [2.24, 2.45) is 0 Å². The number of ether oxygens (including phenoxy) is 1. The molecule has 0 aliphatic rings. The summed E-state index contributed by atoms with van der Waals surface area (Å²) in [7, 11) is -0.566. The Kier molecular flexibility index (Phi) is 6.76. The number of hydrogen-bond donors (Lipinski definition) is 1. The monoisotopic (exact) mass is 376 g/mol. The summed E-state index contributed by atoms with van der Waals surface area (Å²) < 4.78 is 30.9. The molecule has 0 fully saturated rings. The van der Waals surface area contributed by atoms with Crippen LogP contribution in [0.3, 0.4) is 0 Å². The van der Waals surface area contributed by atoms with Crippen molar-refractivity contribution in [3.05, 3.63) is 59.7 Å². The van der Waals surface area contributed by atoms with E-state index in [1.54, 1.807) is 0 Å². The number of benzene rings is 2. The second-order valence-electron chi connectivity index (χ2n) is 5.88. The van der Waals surface area contributed by atoms with E-state index in [-0.39, 0.29) is 10.8 Å². The largest absolute Gasteiger partial charge is 0.491 e. The van der Waals surface area contributed by atoms with Gasteiger partial charge in [-0.2, -0.15) is 0 Å². The summed E-state index contributed by atoms with van der Waals surface area (Å²) in [6.07, 6.45) is 0.880. The van der Waals surface area contributed by atoms with Crippen LogP contribution in [0.25, 0.3) is 0 Å². The average molecular weight is 376 g/mol. The Morgan fingerprint density at radius 2 is 1.73 bits per heavy atom. The SMILES string of the molecule is CCc1ccccc1OCCNC(=O)c1ccc(S(=O)(=O)N(C)C)cc1. The third kappa shape index (κ3) is 4.83. The van der Waals surface area contributed by atoms with Gasteiger partial charge in [0.2, 0.25) is 10.0 Å². The van der Waals surface area contributed by atoms with Gasteiger partial charge in [-0.15, -0.1) is 0 Å². The molecule has 0 unspecified atom stereocenters. The first-order valence-electron chi connectivity index (χ1n) is 8.37. The molecule has 140 valence electrons. The van der Waals surface area contributed by atoms with Crippen LogP contribution < -0.4 is 10.1 Å². The number of carbonyl (C=O) groups excluding carboxylic acids is 1. The van der Waals surface area contributed by atoms with Gasteiger partial charge >= 0.3 is 0 Å². The highest BCUT2D eigenvalue weighted by Crippen LogP contribution is 2.18. The number of amides is 1. The molecule has 0 aromatic heterocycles. The van der Waals surface area contributed by atoms with Crippen LogP contribution in [0.15, 0.2) is 53.4 Å². The van der Waals surface area contributed by atoms with Crippen LogP contribution in [-0.2, 0) is 16.4 Å². The number of sulfonamides is 1. The molecule has 0 saturated carbocycles. The minimum Gasteiger partial charge on any atom is -0.491 e. The molecule has 7 heteroatoms. The van der Waals surface area contributed by atoms with E-state index in [4.69, 9.17) is 4.74 Å². The minimum atomic E-state index is -3.50. The van der Waals surface area contributed by atoms with E-state index >= 15 is 0 Å². The van der Waals surface area contributed by atoms with Crippen LogP contribution in [0.4, 0.5) is 0 Å². The fourth-order valence-corrected chi connectivity index (χ4v) is 3.26. The number of carbonyl (C=O) groups is 1. The summed E-state index contributed by atoms with van der Waals surface area (Å²) in [5.74, 6) is 0.550. The van der Waals surface area contributed by atoms with Gasteiger partial charge in [-0.3, -0.25) is 4.79 Å². The zero-order valence-corrected chi connectivity index (χ0v) is 16.0. The van der Waals surface area contributed by atoms with E-state index in [0.29, 0.717) is 18.7 Å². The van der Waals surface area contributed by atoms with Crippen LogP contribution in [0.1, 0.15) is 22.8 Å². The molecule has 26 heavy (non-hydrogen) atoms. The second kappa shape index (κ2) is 8.82. The molecule has 2 rings (SSSR count). The van der Waals surface area contributed by atoms with Gasteiger partial charge in [0.25, 0.3) is 5.91 Å². The van der Waals surface area contributed by atoms with E-state index in [1.165, 1.54) is 38.4 Å². The zero-order chi connectivity index (χ0) is 19.2. The molecule has 0 spiro atoms. The molecule has 0 bridgehead atoms. The summed E-state index contributed by atoms with van der Waals surface area (Å²) in [5.41, 5.74) is 1.52. The van der Waals surface area contributed by atoms with Crippen molar-refractivity contribution in [2.45, 2.75) is 18.2 Å². The topological polar surface area (TPSA) is 75.7 Å².